The summed E-state index contributed by atoms with van der Waals surface area (Å²) in [4.78, 5) is 27.7. The highest BCUT2D eigenvalue weighted by atomic mass is 16.2. The number of likely N-dealkylation sites (N-methyl/N-ethyl adjacent to an activating group) is 1. The van der Waals surface area contributed by atoms with Gasteiger partial charge in [-0.15, -0.1) is 0 Å². The molecule has 7 nitrogen and oxygen atoms in total. The molecule has 108 valence electrons. The SMILES string of the molecule is CCCCn1c(N)c(NCCN(C)C)c(=O)[nH]c1=O. The molecular weight excluding hydrogens is 246 g/mol. The molecule has 4 N–H and O–H groups in total. The third-order valence-electron chi connectivity index (χ3n) is 2.84. The van der Waals surface area contributed by atoms with Crippen LogP contribution in [-0.4, -0.2) is 41.6 Å². The number of unbranched alkanes of at least 4 members (excludes halogenated alkanes) is 1. The van der Waals surface area contributed by atoms with Crippen molar-refractivity contribution in [3.63, 3.8) is 0 Å². The molecule has 0 amide bonds. The molecule has 0 saturated carbocycles. The molecule has 1 heterocycles. The molecule has 0 unspecified atom stereocenters. The standard InChI is InChI=1S/C12H23N5O2/c1-4-5-7-17-10(13)9(11(18)15-12(17)19)14-6-8-16(2)3/h14H,4-8,13H2,1-3H3,(H,15,18,19). The van der Waals surface area contributed by atoms with Crippen molar-refractivity contribution in [2.45, 2.75) is 26.3 Å². The van der Waals surface area contributed by atoms with Crippen LogP contribution in [0, 0.1) is 0 Å². The summed E-state index contributed by atoms with van der Waals surface area (Å²) in [6, 6.07) is 0. The van der Waals surface area contributed by atoms with Gasteiger partial charge in [-0.25, -0.2) is 4.79 Å². The molecule has 19 heavy (non-hydrogen) atoms. The number of aromatic amines is 1. The number of anilines is 2. The van der Waals surface area contributed by atoms with Crippen LogP contribution in [0.1, 0.15) is 19.8 Å². The Kier molecular flexibility index (Phi) is 5.62. The van der Waals surface area contributed by atoms with Gasteiger partial charge in [0, 0.05) is 19.6 Å². The fourth-order valence-electron chi connectivity index (χ4n) is 1.70. The van der Waals surface area contributed by atoms with E-state index in [0.717, 1.165) is 19.4 Å². The van der Waals surface area contributed by atoms with Crippen molar-refractivity contribution in [1.82, 2.24) is 14.5 Å². The van der Waals surface area contributed by atoms with E-state index in [9.17, 15) is 9.59 Å². The third kappa shape index (κ3) is 4.13. The number of nitrogens with two attached hydrogens (primary N) is 1. The predicted octanol–water partition coefficient (Wildman–Crippen LogP) is -0.108. The molecule has 0 spiro atoms. The quantitative estimate of drug-likeness (QED) is 0.642. The van der Waals surface area contributed by atoms with E-state index in [4.69, 9.17) is 5.73 Å². The molecule has 0 bridgehead atoms. The van der Waals surface area contributed by atoms with E-state index in [-0.39, 0.29) is 11.5 Å². The maximum atomic E-state index is 11.7. The Morgan fingerprint density at radius 3 is 2.63 bits per heavy atom. The van der Waals surface area contributed by atoms with Crippen LogP contribution >= 0.6 is 0 Å². The monoisotopic (exact) mass is 269 g/mol. The number of H-pyrrole nitrogens is 1. The molecule has 0 fully saturated rings. The lowest BCUT2D eigenvalue weighted by Crippen LogP contribution is -2.35. The van der Waals surface area contributed by atoms with Crippen LogP contribution in [0.3, 0.4) is 0 Å². The Balaban J connectivity index is 2.97. The molecule has 0 aliphatic rings. The molecule has 0 saturated heterocycles. The van der Waals surface area contributed by atoms with Gasteiger partial charge in [-0.1, -0.05) is 13.3 Å². The van der Waals surface area contributed by atoms with Gasteiger partial charge in [0.1, 0.15) is 11.5 Å². The first-order chi connectivity index (χ1) is 8.97. The van der Waals surface area contributed by atoms with Crippen molar-refractivity contribution in [2.24, 2.45) is 0 Å². The highest BCUT2D eigenvalue weighted by Gasteiger charge is 2.11. The first-order valence-corrected chi connectivity index (χ1v) is 6.48. The van der Waals surface area contributed by atoms with Crippen molar-refractivity contribution >= 4 is 11.5 Å². The minimum Gasteiger partial charge on any atom is -0.383 e. The minimum atomic E-state index is -0.464. The van der Waals surface area contributed by atoms with Crippen LogP contribution in [-0.2, 0) is 6.54 Å². The second kappa shape index (κ2) is 6.98. The number of hydrogen-bond acceptors (Lipinski definition) is 5. The number of aromatic nitrogens is 2. The van der Waals surface area contributed by atoms with E-state index in [1.165, 1.54) is 4.57 Å². The van der Waals surface area contributed by atoms with E-state index in [2.05, 4.69) is 10.3 Å². The zero-order valence-electron chi connectivity index (χ0n) is 11.8. The maximum absolute atomic E-state index is 11.7. The highest BCUT2D eigenvalue weighted by molar-refractivity contribution is 5.60. The van der Waals surface area contributed by atoms with Gasteiger partial charge in [0.15, 0.2) is 0 Å². The Hall–Kier alpha value is -1.76. The minimum absolute atomic E-state index is 0.209. The molecule has 1 rings (SSSR count). The fourth-order valence-corrected chi connectivity index (χ4v) is 1.70. The second-order valence-electron chi connectivity index (χ2n) is 4.75. The van der Waals surface area contributed by atoms with E-state index < -0.39 is 11.2 Å². The van der Waals surface area contributed by atoms with Gasteiger partial charge >= 0.3 is 5.69 Å². The highest BCUT2D eigenvalue weighted by Crippen LogP contribution is 2.10. The normalized spacial score (nSPS) is 10.9. The van der Waals surface area contributed by atoms with Gasteiger partial charge in [-0.3, -0.25) is 14.3 Å². The molecule has 0 aliphatic heterocycles. The number of nitrogens with zero attached hydrogens (tertiary/aromatic N) is 2. The van der Waals surface area contributed by atoms with E-state index >= 15 is 0 Å². The Bertz CT molecular complexity index is 518. The van der Waals surface area contributed by atoms with Gasteiger partial charge in [0.05, 0.1) is 0 Å². The van der Waals surface area contributed by atoms with Crippen molar-refractivity contribution in [3.8, 4) is 0 Å². The first-order valence-electron chi connectivity index (χ1n) is 6.48. The zero-order valence-corrected chi connectivity index (χ0v) is 11.8. The third-order valence-corrected chi connectivity index (χ3v) is 2.84. The second-order valence-corrected chi connectivity index (χ2v) is 4.75. The van der Waals surface area contributed by atoms with Crippen molar-refractivity contribution < 1.29 is 0 Å². The lowest BCUT2D eigenvalue weighted by molar-refractivity contribution is 0.425. The van der Waals surface area contributed by atoms with Crippen LogP contribution in [0.4, 0.5) is 11.5 Å². The van der Waals surface area contributed by atoms with Crippen LogP contribution < -0.4 is 22.3 Å². The van der Waals surface area contributed by atoms with Crippen molar-refractivity contribution in [3.05, 3.63) is 20.8 Å². The Morgan fingerprint density at radius 1 is 1.37 bits per heavy atom. The number of nitrogens with one attached hydrogen (secondary N) is 2. The molecule has 7 heteroatoms. The van der Waals surface area contributed by atoms with E-state index in [1.807, 2.05) is 25.9 Å². The van der Waals surface area contributed by atoms with Crippen LogP contribution in [0.25, 0.3) is 0 Å². The maximum Gasteiger partial charge on any atom is 0.330 e. The van der Waals surface area contributed by atoms with E-state index in [0.29, 0.717) is 13.1 Å². The first kappa shape index (κ1) is 15.3. The number of hydrogen-bond donors (Lipinski definition) is 3. The molecule has 1 aromatic heterocycles. The largest absolute Gasteiger partial charge is 0.383 e. The molecule has 0 aromatic carbocycles. The lowest BCUT2D eigenvalue weighted by Gasteiger charge is -2.15. The van der Waals surface area contributed by atoms with Crippen LogP contribution in [0.2, 0.25) is 0 Å². The van der Waals surface area contributed by atoms with Gasteiger partial charge < -0.3 is 16.0 Å². The van der Waals surface area contributed by atoms with Crippen LogP contribution in [0.5, 0.6) is 0 Å². The summed E-state index contributed by atoms with van der Waals surface area (Å²) < 4.78 is 1.41. The summed E-state index contributed by atoms with van der Waals surface area (Å²) in [5.74, 6) is 0.209. The molecular formula is C12H23N5O2. The van der Waals surface area contributed by atoms with Gasteiger partial charge in [-0.05, 0) is 20.5 Å². The van der Waals surface area contributed by atoms with Gasteiger partial charge in [-0.2, -0.15) is 0 Å². The zero-order chi connectivity index (χ0) is 14.4. The fraction of sp³-hybridized carbons (Fsp3) is 0.667. The van der Waals surface area contributed by atoms with Crippen LogP contribution in [0.15, 0.2) is 9.59 Å². The summed E-state index contributed by atoms with van der Waals surface area (Å²) in [5.41, 5.74) is 5.27. The summed E-state index contributed by atoms with van der Waals surface area (Å²) in [6.07, 6.45) is 1.79. The van der Waals surface area contributed by atoms with Gasteiger partial charge in [0.2, 0.25) is 0 Å². The van der Waals surface area contributed by atoms with Gasteiger partial charge in [0.25, 0.3) is 5.56 Å². The van der Waals surface area contributed by atoms with E-state index in [1.54, 1.807) is 0 Å². The van der Waals surface area contributed by atoms with Crippen molar-refractivity contribution in [1.29, 1.82) is 0 Å². The smallest absolute Gasteiger partial charge is 0.330 e. The summed E-state index contributed by atoms with van der Waals surface area (Å²) in [5, 5.41) is 2.99. The average Bonchev–Trinajstić information content (AvgIpc) is 2.32. The number of nitrogen functional groups attached to an aromatic ring is 1. The average molecular weight is 269 g/mol. The Labute approximate surface area is 112 Å². The molecule has 1 aromatic rings. The predicted molar refractivity (Wildman–Crippen MR) is 77.7 cm³/mol. The topological polar surface area (TPSA) is 96.2 Å². The summed E-state index contributed by atoms with van der Waals surface area (Å²) in [6.45, 7) is 3.91. The molecule has 0 atom stereocenters. The number of rotatable bonds is 7. The molecule has 0 radical (unpaired) electrons. The molecule has 0 aliphatic carbocycles. The Morgan fingerprint density at radius 2 is 2.05 bits per heavy atom. The summed E-state index contributed by atoms with van der Waals surface area (Å²) >= 11 is 0. The lowest BCUT2D eigenvalue weighted by atomic mass is 10.3. The van der Waals surface area contributed by atoms with Crippen molar-refractivity contribution in [2.75, 3.05) is 38.2 Å². The summed E-state index contributed by atoms with van der Waals surface area (Å²) in [7, 11) is 3.88.